The lowest BCUT2D eigenvalue weighted by molar-refractivity contribution is -0.218. The van der Waals surface area contributed by atoms with Crippen molar-refractivity contribution in [2.24, 2.45) is 34.0 Å². The van der Waals surface area contributed by atoms with E-state index < -0.39 is 35.6 Å². The van der Waals surface area contributed by atoms with E-state index in [2.05, 4.69) is 6.92 Å². The molecule has 3 N–H and O–H groups in total. The molecule has 1 unspecified atom stereocenters. The summed E-state index contributed by atoms with van der Waals surface area (Å²) < 4.78 is 5.77. The second-order valence-corrected chi connectivity index (χ2v) is 10.00. The van der Waals surface area contributed by atoms with Crippen LogP contribution >= 0.6 is 0 Å². The first kappa shape index (κ1) is 21.7. The Morgan fingerprint density at radius 3 is 2.50 bits per heavy atom. The number of Topliss-reactive ketones (excluding diaryl/α,β-unsaturated/α-hetero) is 1. The summed E-state index contributed by atoms with van der Waals surface area (Å²) in [4.78, 5) is 25.3. The highest BCUT2D eigenvalue weighted by Gasteiger charge is 2.68. The maximum Gasteiger partial charge on any atom is 0.332 e. The van der Waals surface area contributed by atoms with Crippen molar-refractivity contribution in [3.63, 3.8) is 0 Å². The molecule has 2 bridgehead atoms. The van der Waals surface area contributed by atoms with Crippen molar-refractivity contribution in [1.82, 2.24) is 0 Å². The number of esters is 1. The van der Waals surface area contributed by atoms with E-state index in [0.29, 0.717) is 19.3 Å². The first-order chi connectivity index (χ1) is 13.1. The molecular weight excluding hydrogens is 360 g/mol. The van der Waals surface area contributed by atoms with Crippen LogP contribution in [0.1, 0.15) is 66.2 Å². The largest absolute Gasteiger partial charge is 0.460 e. The summed E-state index contributed by atoms with van der Waals surface area (Å²) >= 11 is 0. The quantitative estimate of drug-likeness (QED) is 0.629. The minimum absolute atomic E-state index is 0.0534. The average molecular weight is 397 g/mol. The number of ether oxygens (including phenoxy) is 1. The first-order valence-electron chi connectivity index (χ1n) is 10.7. The summed E-state index contributed by atoms with van der Waals surface area (Å²) in [7, 11) is 0. The highest BCUT2D eigenvalue weighted by Crippen LogP contribution is 2.68. The van der Waals surface area contributed by atoms with E-state index in [1.165, 1.54) is 0 Å². The number of aliphatic hydroxyl groups is 3. The molecule has 0 heterocycles. The Labute approximate surface area is 167 Å². The first-order valence-corrected chi connectivity index (χ1v) is 10.7. The monoisotopic (exact) mass is 396 g/mol. The van der Waals surface area contributed by atoms with E-state index >= 15 is 0 Å². The molecule has 0 spiro atoms. The summed E-state index contributed by atoms with van der Waals surface area (Å²) in [6.45, 7) is 7.33. The van der Waals surface area contributed by atoms with Crippen LogP contribution < -0.4 is 0 Å². The predicted octanol–water partition coefficient (Wildman–Crippen LogP) is 2.08. The molecule has 0 amide bonds. The summed E-state index contributed by atoms with van der Waals surface area (Å²) in [6, 6.07) is 0. The predicted molar refractivity (Wildman–Crippen MR) is 103 cm³/mol. The number of aliphatic hydroxyl groups excluding tert-OH is 3. The van der Waals surface area contributed by atoms with Crippen molar-refractivity contribution in [2.75, 3.05) is 13.2 Å². The number of carbonyl (C=O) groups excluding carboxylic acids is 2. The number of hydrogen-bond acceptors (Lipinski definition) is 6. The number of rotatable bonds is 4. The normalized spacial score (nSPS) is 48.5. The van der Waals surface area contributed by atoms with Crippen molar-refractivity contribution < 1.29 is 29.6 Å². The fourth-order valence-corrected chi connectivity index (χ4v) is 7.05. The molecule has 6 nitrogen and oxygen atoms in total. The average Bonchev–Trinajstić information content (AvgIpc) is 3.04. The molecule has 0 aromatic carbocycles. The molecule has 3 saturated carbocycles. The molecule has 3 rings (SSSR count). The molecule has 6 heteroatoms. The lowest BCUT2D eigenvalue weighted by Gasteiger charge is -2.62. The van der Waals surface area contributed by atoms with E-state index in [-0.39, 0.29) is 35.6 Å². The van der Waals surface area contributed by atoms with E-state index in [0.717, 1.165) is 19.3 Å². The van der Waals surface area contributed by atoms with Gasteiger partial charge in [0.2, 0.25) is 0 Å². The van der Waals surface area contributed by atoms with Crippen LogP contribution in [0.25, 0.3) is 0 Å². The third kappa shape index (κ3) is 2.86. The fraction of sp³-hybridized carbons (Fsp3) is 0.909. The van der Waals surface area contributed by atoms with Gasteiger partial charge in [0.05, 0.1) is 6.10 Å². The standard InChI is InChI=1S/C22H36O6/c1-5-20(3)10-16(28-17(26)12-24)21(4)14(11-23)6-8-22(13(2)19(20)27)9-7-15(25)18(21)22/h13-14,16,18-19,23-24,27H,5-12H2,1-4H3/t13-,14-,16+,18?,19-,20+,21-,22-/m0/s1. The smallest absolute Gasteiger partial charge is 0.332 e. The maximum atomic E-state index is 13.2. The third-order valence-electron chi connectivity index (χ3n) is 9.06. The molecule has 160 valence electrons. The van der Waals surface area contributed by atoms with Gasteiger partial charge in [0.15, 0.2) is 0 Å². The van der Waals surface area contributed by atoms with Crippen LogP contribution in [0, 0.1) is 34.0 Å². The molecule has 0 aliphatic heterocycles. The van der Waals surface area contributed by atoms with Crippen LogP contribution in [-0.2, 0) is 14.3 Å². The van der Waals surface area contributed by atoms with Crippen molar-refractivity contribution in [3.8, 4) is 0 Å². The molecule has 0 aromatic rings. The van der Waals surface area contributed by atoms with Gasteiger partial charge < -0.3 is 20.1 Å². The summed E-state index contributed by atoms with van der Waals surface area (Å²) in [5.74, 6) is -1.13. The van der Waals surface area contributed by atoms with Crippen LogP contribution in [0.15, 0.2) is 0 Å². The zero-order chi connectivity index (χ0) is 20.9. The van der Waals surface area contributed by atoms with Gasteiger partial charge >= 0.3 is 5.97 Å². The summed E-state index contributed by atoms with van der Waals surface area (Å²) in [5.41, 5.74) is -1.53. The molecule has 3 aliphatic carbocycles. The van der Waals surface area contributed by atoms with Crippen LogP contribution in [0.4, 0.5) is 0 Å². The summed E-state index contributed by atoms with van der Waals surface area (Å²) in [6.07, 6.45) is 2.61. The molecular formula is C22H36O6. The van der Waals surface area contributed by atoms with Gasteiger partial charge in [0.1, 0.15) is 18.5 Å². The highest BCUT2D eigenvalue weighted by atomic mass is 16.6. The van der Waals surface area contributed by atoms with Crippen LogP contribution in [-0.4, -0.2) is 52.5 Å². The molecule has 0 aromatic heterocycles. The SMILES string of the molecule is CC[C@]1(C)C[C@@H](OC(=O)CO)[C@@]2(C)C3C(=O)CC[C@@]3(CC[C@H]2CO)[C@@H](C)[C@@H]1O. The van der Waals surface area contributed by atoms with E-state index in [1.54, 1.807) is 0 Å². The lowest BCUT2D eigenvalue weighted by Crippen LogP contribution is -2.64. The Kier molecular flexibility index (Phi) is 5.72. The van der Waals surface area contributed by atoms with E-state index in [1.807, 2.05) is 20.8 Å². The van der Waals surface area contributed by atoms with Gasteiger partial charge in [-0.05, 0) is 54.8 Å². The van der Waals surface area contributed by atoms with Crippen molar-refractivity contribution in [3.05, 3.63) is 0 Å². The minimum Gasteiger partial charge on any atom is -0.460 e. The molecule has 3 aliphatic rings. The Balaban J connectivity index is 2.21. The van der Waals surface area contributed by atoms with E-state index in [4.69, 9.17) is 4.74 Å². The molecule has 8 atom stereocenters. The molecule has 28 heavy (non-hydrogen) atoms. The third-order valence-corrected chi connectivity index (χ3v) is 9.06. The van der Waals surface area contributed by atoms with Crippen molar-refractivity contribution in [2.45, 2.75) is 78.4 Å². The van der Waals surface area contributed by atoms with Crippen LogP contribution in [0.3, 0.4) is 0 Å². The van der Waals surface area contributed by atoms with Gasteiger partial charge in [-0.3, -0.25) is 4.79 Å². The van der Waals surface area contributed by atoms with Gasteiger partial charge in [0.25, 0.3) is 0 Å². The second kappa shape index (κ2) is 7.37. The summed E-state index contributed by atoms with van der Waals surface area (Å²) in [5, 5.41) is 30.9. The van der Waals surface area contributed by atoms with Crippen LogP contribution in [0.2, 0.25) is 0 Å². The van der Waals surface area contributed by atoms with Crippen molar-refractivity contribution >= 4 is 11.8 Å². The topological polar surface area (TPSA) is 104 Å². The number of hydrogen-bond donors (Lipinski definition) is 3. The lowest BCUT2D eigenvalue weighted by atomic mass is 9.43. The zero-order valence-corrected chi connectivity index (χ0v) is 17.6. The van der Waals surface area contributed by atoms with Gasteiger partial charge in [-0.15, -0.1) is 0 Å². The van der Waals surface area contributed by atoms with E-state index in [9.17, 15) is 24.9 Å². The van der Waals surface area contributed by atoms with Crippen molar-refractivity contribution in [1.29, 1.82) is 0 Å². The molecule has 0 radical (unpaired) electrons. The van der Waals surface area contributed by atoms with Gasteiger partial charge in [-0.1, -0.05) is 27.7 Å². The Bertz CT molecular complexity index is 635. The van der Waals surface area contributed by atoms with Gasteiger partial charge in [0, 0.05) is 24.4 Å². The van der Waals surface area contributed by atoms with Gasteiger partial charge in [-0.25, -0.2) is 4.79 Å². The number of ketones is 1. The molecule has 0 saturated heterocycles. The van der Waals surface area contributed by atoms with Crippen LogP contribution in [0.5, 0.6) is 0 Å². The minimum atomic E-state index is -0.720. The highest BCUT2D eigenvalue weighted by molar-refractivity contribution is 5.85. The van der Waals surface area contributed by atoms with Gasteiger partial charge in [-0.2, -0.15) is 0 Å². The number of carbonyl (C=O) groups is 2. The molecule has 3 fully saturated rings. The zero-order valence-electron chi connectivity index (χ0n) is 17.6. The second-order valence-electron chi connectivity index (χ2n) is 10.00. The Hall–Kier alpha value is -0.980. The fourth-order valence-electron chi connectivity index (χ4n) is 7.05. The Morgan fingerprint density at radius 1 is 1.25 bits per heavy atom. The maximum absolute atomic E-state index is 13.2. The Morgan fingerprint density at radius 2 is 1.93 bits per heavy atom.